The molecule has 0 amide bonds. The molecule has 0 aromatic carbocycles. The average Bonchev–Trinajstić information content (AvgIpc) is 2.43. The molecule has 2 fully saturated rings. The Bertz CT molecular complexity index is 156. The van der Waals surface area contributed by atoms with Crippen LogP contribution in [0.15, 0.2) is 4.99 Å². The minimum Gasteiger partial charge on any atom is -0.370 e. The van der Waals surface area contributed by atoms with Crippen molar-refractivity contribution in [2.45, 2.75) is 25.3 Å². The van der Waals surface area contributed by atoms with Crippen LogP contribution in [-0.4, -0.2) is 30.0 Å². The molecule has 10 heavy (non-hydrogen) atoms. The normalized spacial score (nSPS) is 26.4. The number of rotatable bonds is 1. The number of aliphatic imine (C=N–C) groups is 1. The molecule has 2 aliphatic rings. The van der Waals surface area contributed by atoms with Gasteiger partial charge in [0.15, 0.2) is 5.96 Å². The third-order valence-electron chi connectivity index (χ3n) is 2.04. The molecule has 1 aliphatic carbocycles. The standard InChI is InChI=1S/C7H13N3/c8-7(9-6-2-3-6)10-4-1-5-10/h6H,1-5H2,(H2,8,9). The van der Waals surface area contributed by atoms with Gasteiger partial charge in [-0.1, -0.05) is 0 Å². The highest BCUT2D eigenvalue weighted by Crippen LogP contribution is 2.23. The number of hydrogen-bond acceptors (Lipinski definition) is 1. The average molecular weight is 139 g/mol. The van der Waals surface area contributed by atoms with Crippen LogP contribution >= 0.6 is 0 Å². The molecule has 1 aliphatic heterocycles. The van der Waals surface area contributed by atoms with Gasteiger partial charge >= 0.3 is 0 Å². The summed E-state index contributed by atoms with van der Waals surface area (Å²) in [6.45, 7) is 2.23. The van der Waals surface area contributed by atoms with Gasteiger partial charge in [-0.2, -0.15) is 0 Å². The highest BCUT2D eigenvalue weighted by molar-refractivity contribution is 5.79. The zero-order valence-electron chi connectivity index (χ0n) is 6.08. The Morgan fingerprint density at radius 1 is 1.40 bits per heavy atom. The monoisotopic (exact) mass is 139 g/mol. The second-order valence-corrected chi connectivity index (χ2v) is 3.06. The molecular weight excluding hydrogens is 126 g/mol. The number of guanidine groups is 1. The first kappa shape index (κ1) is 6.01. The van der Waals surface area contributed by atoms with Crippen molar-refractivity contribution in [2.24, 2.45) is 10.7 Å². The van der Waals surface area contributed by atoms with Crippen molar-refractivity contribution in [1.82, 2.24) is 4.90 Å². The van der Waals surface area contributed by atoms with Gasteiger partial charge < -0.3 is 10.6 Å². The highest BCUT2D eigenvalue weighted by atomic mass is 15.3. The van der Waals surface area contributed by atoms with Gasteiger partial charge in [-0.15, -0.1) is 0 Å². The fourth-order valence-electron chi connectivity index (χ4n) is 1.02. The van der Waals surface area contributed by atoms with E-state index < -0.39 is 0 Å². The van der Waals surface area contributed by atoms with E-state index in [-0.39, 0.29) is 0 Å². The van der Waals surface area contributed by atoms with Crippen molar-refractivity contribution in [2.75, 3.05) is 13.1 Å². The van der Waals surface area contributed by atoms with Gasteiger partial charge in [0.25, 0.3) is 0 Å². The number of likely N-dealkylation sites (tertiary alicyclic amines) is 1. The summed E-state index contributed by atoms with van der Waals surface area (Å²) in [6, 6.07) is 0.570. The fraction of sp³-hybridized carbons (Fsp3) is 0.857. The molecule has 0 aromatic rings. The Morgan fingerprint density at radius 2 is 2.10 bits per heavy atom. The third-order valence-corrected chi connectivity index (χ3v) is 2.04. The molecule has 0 radical (unpaired) electrons. The van der Waals surface area contributed by atoms with E-state index in [1.807, 2.05) is 0 Å². The van der Waals surface area contributed by atoms with E-state index >= 15 is 0 Å². The molecule has 56 valence electrons. The van der Waals surface area contributed by atoms with E-state index in [1.165, 1.54) is 19.3 Å². The molecule has 0 aromatic heterocycles. The summed E-state index contributed by atoms with van der Waals surface area (Å²) in [5.41, 5.74) is 5.70. The molecule has 0 unspecified atom stereocenters. The van der Waals surface area contributed by atoms with Gasteiger partial charge in [-0.05, 0) is 19.3 Å². The minimum atomic E-state index is 0.570. The topological polar surface area (TPSA) is 41.6 Å². The van der Waals surface area contributed by atoms with Gasteiger partial charge in [0, 0.05) is 13.1 Å². The van der Waals surface area contributed by atoms with Gasteiger partial charge in [0.1, 0.15) is 0 Å². The third kappa shape index (κ3) is 1.08. The smallest absolute Gasteiger partial charge is 0.191 e. The molecule has 0 bridgehead atoms. The Morgan fingerprint density at radius 3 is 2.50 bits per heavy atom. The lowest BCUT2D eigenvalue weighted by molar-refractivity contribution is 0.295. The van der Waals surface area contributed by atoms with Gasteiger partial charge in [-0.3, -0.25) is 0 Å². The minimum absolute atomic E-state index is 0.570. The van der Waals surface area contributed by atoms with Crippen LogP contribution in [0.3, 0.4) is 0 Å². The molecule has 3 nitrogen and oxygen atoms in total. The molecule has 2 rings (SSSR count). The van der Waals surface area contributed by atoms with Crippen LogP contribution in [0, 0.1) is 0 Å². The first-order valence-electron chi connectivity index (χ1n) is 3.94. The van der Waals surface area contributed by atoms with Crippen molar-refractivity contribution in [3.8, 4) is 0 Å². The molecule has 0 atom stereocenters. The second-order valence-electron chi connectivity index (χ2n) is 3.06. The number of nitrogens with zero attached hydrogens (tertiary/aromatic N) is 2. The van der Waals surface area contributed by atoms with E-state index in [0.29, 0.717) is 6.04 Å². The zero-order chi connectivity index (χ0) is 6.97. The van der Waals surface area contributed by atoms with Crippen LogP contribution in [0.2, 0.25) is 0 Å². The van der Waals surface area contributed by atoms with Crippen LogP contribution in [-0.2, 0) is 0 Å². The zero-order valence-corrected chi connectivity index (χ0v) is 6.08. The summed E-state index contributed by atoms with van der Waals surface area (Å²) in [5.74, 6) is 0.772. The molecule has 1 saturated carbocycles. The lowest BCUT2D eigenvalue weighted by atomic mass is 10.2. The summed E-state index contributed by atoms with van der Waals surface area (Å²) >= 11 is 0. The maximum Gasteiger partial charge on any atom is 0.191 e. The molecule has 1 saturated heterocycles. The van der Waals surface area contributed by atoms with E-state index in [4.69, 9.17) is 5.73 Å². The number of nitrogens with two attached hydrogens (primary N) is 1. The van der Waals surface area contributed by atoms with Gasteiger partial charge in [0.2, 0.25) is 0 Å². The summed E-state index contributed by atoms with van der Waals surface area (Å²) in [4.78, 5) is 6.47. The SMILES string of the molecule is NC(=NC1CC1)N1CCC1. The lowest BCUT2D eigenvalue weighted by Gasteiger charge is -2.31. The van der Waals surface area contributed by atoms with Crippen molar-refractivity contribution >= 4 is 5.96 Å². The first-order chi connectivity index (χ1) is 4.86. The summed E-state index contributed by atoms with van der Waals surface area (Å²) in [6.07, 6.45) is 3.77. The molecule has 1 heterocycles. The van der Waals surface area contributed by atoms with Crippen molar-refractivity contribution in [1.29, 1.82) is 0 Å². The van der Waals surface area contributed by atoms with Crippen LogP contribution in [0.25, 0.3) is 0 Å². The van der Waals surface area contributed by atoms with Gasteiger partial charge in [-0.25, -0.2) is 4.99 Å². The van der Waals surface area contributed by atoms with Crippen LogP contribution in [0.1, 0.15) is 19.3 Å². The second kappa shape index (κ2) is 2.15. The van der Waals surface area contributed by atoms with Crippen LogP contribution in [0.5, 0.6) is 0 Å². The maximum absolute atomic E-state index is 5.70. The van der Waals surface area contributed by atoms with E-state index in [1.54, 1.807) is 0 Å². The Hall–Kier alpha value is -0.730. The van der Waals surface area contributed by atoms with E-state index in [2.05, 4.69) is 9.89 Å². The van der Waals surface area contributed by atoms with Crippen LogP contribution < -0.4 is 5.73 Å². The fourth-order valence-corrected chi connectivity index (χ4v) is 1.02. The van der Waals surface area contributed by atoms with Crippen molar-refractivity contribution in [3.05, 3.63) is 0 Å². The quantitative estimate of drug-likeness (QED) is 0.415. The molecular formula is C7H13N3. The first-order valence-corrected chi connectivity index (χ1v) is 3.94. The summed E-state index contributed by atoms with van der Waals surface area (Å²) in [7, 11) is 0. The van der Waals surface area contributed by atoms with E-state index in [9.17, 15) is 0 Å². The maximum atomic E-state index is 5.70. The van der Waals surface area contributed by atoms with Crippen molar-refractivity contribution < 1.29 is 0 Å². The summed E-state index contributed by atoms with van der Waals surface area (Å²) < 4.78 is 0. The van der Waals surface area contributed by atoms with Crippen molar-refractivity contribution in [3.63, 3.8) is 0 Å². The van der Waals surface area contributed by atoms with Crippen LogP contribution in [0.4, 0.5) is 0 Å². The number of hydrogen-bond donors (Lipinski definition) is 1. The lowest BCUT2D eigenvalue weighted by Crippen LogP contribution is -2.46. The molecule has 2 N–H and O–H groups in total. The summed E-state index contributed by atoms with van der Waals surface area (Å²) in [5, 5.41) is 0. The Kier molecular flexibility index (Phi) is 1.29. The predicted octanol–water partition coefficient (Wildman–Crippen LogP) is 0.169. The molecule has 0 spiro atoms. The predicted molar refractivity (Wildman–Crippen MR) is 40.8 cm³/mol. The largest absolute Gasteiger partial charge is 0.370 e. The Labute approximate surface area is 60.9 Å². The Balaban J connectivity index is 1.88. The molecule has 3 heteroatoms. The van der Waals surface area contributed by atoms with Gasteiger partial charge in [0.05, 0.1) is 6.04 Å². The highest BCUT2D eigenvalue weighted by Gasteiger charge is 2.23. The van der Waals surface area contributed by atoms with E-state index in [0.717, 1.165) is 19.0 Å².